The number of carbonyl (C=O) groups is 1. The highest BCUT2D eigenvalue weighted by Gasteiger charge is 2.42. The number of aliphatic imine (C=N–C) groups is 2. The Morgan fingerprint density at radius 1 is 1.48 bits per heavy atom. The van der Waals surface area contributed by atoms with Crippen LogP contribution in [0.5, 0.6) is 0 Å². The Bertz CT molecular complexity index is 762. The van der Waals surface area contributed by atoms with Gasteiger partial charge in [-0.25, -0.2) is 4.39 Å². The third-order valence-corrected chi connectivity index (χ3v) is 5.08. The Kier molecular flexibility index (Phi) is 7.88. The first-order valence-corrected chi connectivity index (χ1v) is 9.19. The third kappa shape index (κ3) is 5.11. The van der Waals surface area contributed by atoms with Gasteiger partial charge < -0.3 is 11.1 Å². The number of nitrogens with two attached hydrogens (primary N) is 1. The molecule has 0 bridgehead atoms. The monoisotopic (exact) mass is 390 g/mol. The molecule has 0 saturated heterocycles. The van der Waals surface area contributed by atoms with Crippen molar-refractivity contribution in [3.05, 3.63) is 53.1 Å². The smallest absolute Gasteiger partial charge is 0.161 e. The lowest BCUT2D eigenvalue weighted by Crippen LogP contribution is -2.41. The molecule has 7 heteroatoms. The number of aldehydes is 1. The maximum Gasteiger partial charge on any atom is 0.161 e. The number of rotatable bonds is 8. The summed E-state index contributed by atoms with van der Waals surface area (Å²) in [5.74, 6) is -0.269. The van der Waals surface area contributed by atoms with E-state index >= 15 is 0 Å². The van der Waals surface area contributed by atoms with E-state index < -0.39 is 5.54 Å². The van der Waals surface area contributed by atoms with Gasteiger partial charge in [0.2, 0.25) is 0 Å². The maximum absolute atomic E-state index is 14.7. The third-order valence-electron chi connectivity index (χ3n) is 4.86. The molecule has 1 aliphatic rings. The summed E-state index contributed by atoms with van der Waals surface area (Å²) in [6, 6.07) is 4.74. The largest absolute Gasteiger partial charge is 0.346 e. The quantitative estimate of drug-likeness (QED) is 0.303. The fourth-order valence-electron chi connectivity index (χ4n) is 3.57. The SMILES string of the molecule is C=NC1(c2cc(N/C(Cl)=C\C=C/N=CC=O)ccc2F)CCCCC1CN. The molecule has 0 aromatic heterocycles. The van der Waals surface area contributed by atoms with Gasteiger partial charge in [0.05, 0.1) is 11.8 Å². The summed E-state index contributed by atoms with van der Waals surface area (Å²) in [7, 11) is 0. The summed E-state index contributed by atoms with van der Waals surface area (Å²) < 4.78 is 14.7. The maximum atomic E-state index is 14.7. The second kappa shape index (κ2) is 10.1. The van der Waals surface area contributed by atoms with E-state index in [2.05, 4.69) is 22.0 Å². The van der Waals surface area contributed by atoms with E-state index in [1.54, 1.807) is 24.3 Å². The molecule has 5 nitrogen and oxygen atoms in total. The molecule has 0 radical (unpaired) electrons. The highest BCUT2D eigenvalue weighted by atomic mass is 35.5. The van der Waals surface area contributed by atoms with Crippen molar-refractivity contribution < 1.29 is 9.18 Å². The van der Waals surface area contributed by atoms with Crippen LogP contribution in [0.4, 0.5) is 10.1 Å². The standard InChI is InChI=1S/C20H24ClFN4O/c1-24-20(9-3-2-5-15(20)14-23)17-13-16(7-8-18(17)22)26-19(21)6-4-10-25-11-12-27/h4,6-8,10-13,15,26H,1-3,5,9,14,23H2/b10-4-,19-6-,25-11?. The molecule has 0 aliphatic heterocycles. The fraction of sp³-hybridized carbons (Fsp3) is 0.350. The first-order valence-electron chi connectivity index (χ1n) is 8.81. The van der Waals surface area contributed by atoms with E-state index in [9.17, 15) is 9.18 Å². The molecule has 0 amide bonds. The Balaban J connectivity index is 2.28. The summed E-state index contributed by atoms with van der Waals surface area (Å²) in [5, 5.41) is 3.33. The topological polar surface area (TPSA) is 79.8 Å². The zero-order valence-electron chi connectivity index (χ0n) is 15.1. The van der Waals surface area contributed by atoms with Crippen LogP contribution in [0, 0.1) is 11.7 Å². The second-order valence-corrected chi connectivity index (χ2v) is 6.78. The highest BCUT2D eigenvalue weighted by molar-refractivity contribution is 6.31. The lowest BCUT2D eigenvalue weighted by Gasteiger charge is -2.41. The van der Waals surface area contributed by atoms with Gasteiger partial charge in [0.15, 0.2) is 6.29 Å². The van der Waals surface area contributed by atoms with Crippen LogP contribution in [0.1, 0.15) is 31.2 Å². The summed E-state index contributed by atoms with van der Waals surface area (Å²) >= 11 is 6.16. The van der Waals surface area contributed by atoms with Crippen LogP contribution in [0.15, 0.2) is 51.7 Å². The number of hydrogen-bond acceptors (Lipinski definition) is 5. The van der Waals surface area contributed by atoms with Crippen LogP contribution in [0.2, 0.25) is 0 Å². The number of nitrogens with zero attached hydrogens (tertiary/aromatic N) is 2. The molecule has 3 N–H and O–H groups in total. The molecule has 1 fully saturated rings. The number of benzene rings is 1. The molecule has 27 heavy (non-hydrogen) atoms. The van der Waals surface area contributed by atoms with Crippen molar-refractivity contribution in [3.63, 3.8) is 0 Å². The van der Waals surface area contributed by atoms with Crippen LogP contribution in [0.3, 0.4) is 0 Å². The number of anilines is 1. The molecule has 144 valence electrons. The van der Waals surface area contributed by atoms with E-state index in [-0.39, 0.29) is 11.7 Å². The van der Waals surface area contributed by atoms with Gasteiger partial charge in [-0.15, -0.1) is 0 Å². The van der Waals surface area contributed by atoms with Gasteiger partial charge in [0, 0.05) is 23.4 Å². The van der Waals surface area contributed by atoms with Gasteiger partial charge in [0.25, 0.3) is 0 Å². The normalized spacial score (nSPS) is 23.7. The van der Waals surface area contributed by atoms with Gasteiger partial charge in [0.1, 0.15) is 11.0 Å². The summed E-state index contributed by atoms with van der Waals surface area (Å²) in [6.45, 7) is 4.18. The molecule has 1 saturated carbocycles. The molecule has 1 aromatic rings. The number of halogens is 2. The van der Waals surface area contributed by atoms with E-state index in [4.69, 9.17) is 17.3 Å². The number of hydrogen-bond donors (Lipinski definition) is 2. The van der Waals surface area contributed by atoms with Gasteiger partial charge in [-0.3, -0.25) is 14.8 Å². The van der Waals surface area contributed by atoms with Crippen molar-refractivity contribution in [1.29, 1.82) is 0 Å². The molecular formula is C20H24ClFN4O. The van der Waals surface area contributed by atoms with E-state index in [0.717, 1.165) is 31.9 Å². The van der Waals surface area contributed by atoms with Crippen molar-refractivity contribution in [3.8, 4) is 0 Å². The van der Waals surface area contributed by atoms with Crippen LogP contribution >= 0.6 is 11.6 Å². The van der Waals surface area contributed by atoms with Crippen LogP contribution in [-0.4, -0.2) is 25.8 Å². The fourth-order valence-corrected chi connectivity index (χ4v) is 3.75. The number of nitrogens with one attached hydrogen (secondary N) is 1. The van der Waals surface area contributed by atoms with Crippen molar-refractivity contribution in [2.75, 3.05) is 11.9 Å². The Hall–Kier alpha value is -2.31. The minimum atomic E-state index is -0.714. The Morgan fingerprint density at radius 2 is 2.30 bits per heavy atom. The summed E-state index contributed by atoms with van der Waals surface area (Å²) in [5.41, 5.74) is 6.37. The molecular weight excluding hydrogens is 367 g/mol. The van der Waals surface area contributed by atoms with Gasteiger partial charge in [-0.1, -0.05) is 24.4 Å². The van der Waals surface area contributed by atoms with Crippen LogP contribution in [0.25, 0.3) is 0 Å². The minimum Gasteiger partial charge on any atom is -0.346 e. The van der Waals surface area contributed by atoms with Crippen molar-refractivity contribution in [2.45, 2.75) is 31.2 Å². The molecule has 2 atom stereocenters. The zero-order valence-corrected chi connectivity index (χ0v) is 15.8. The molecule has 1 aromatic carbocycles. The van der Waals surface area contributed by atoms with E-state index in [1.165, 1.54) is 12.3 Å². The predicted octanol–water partition coefficient (Wildman–Crippen LogP) is 4.15. The van der Waals surface area contributed by atoms with Crippen molar-refractivity contribution >= 4 is 36.5 Å². The van der Waals surface area contributed by atoms with Crippen LogP contribution < -0.4 is 11.1 Å². The van der Waals surface area contributed by atoms with Gasteiger partial charge in [-0.05, 0) is 56.5 Å². The van der Waals surface area contributed by atoms with E-state index in [0.29, 0.717) is 29.2 Å². The second-order valence-electron chi connectivity index (χ2n) is 6.37. The number of allylic oxidation sites excluding steroid dienone is 2. The molecule has 0 spiro atoms. The number of carbonyl (C=O) groups excluding carboxylic acids is 1. The zero-order chi connectivity index (χ0) is 19.7. The molecule has 0 heterocycles. The molecule has 2 rings (SSSR count). The summed E-state index contributed by atoms with van der Waals surface area (Å²) in [6.07, 6.45) is 9.94. The minimum absolute atomic E-state index is 0.0538. The van der Waals surface area contributed by atoms with Crippen molar-refractivity contribution in [1.82, 2.24) is 0 Å². The lowest BCUT2D eigenvalue weighted by atomic mass is 9.69. The van der Waals surface area contributed by atoms with E-state index in [1.807, 2.05) is 0 Å². The molecule has 2 unspecified atom stereocenters. The first kappa shape index (κ1) is 21.0. The highest BCUT2D eigenvalue weighted by Crippen LogP contribution is 2.46. The lowest BCUT2D eigenvalue weighted by molar-refractivity contribution is -0.102. The summed E-state index contributed by atoms with van der Waals surface area (Å²) in [4.78, 5) is 18.2. The Morgan fingerprint density at radius 3 is 3.00 bits per heavy atom. The Labute approximate surface area is 163 Å². The average molecular weight is 391 g/mol. The predicted molar refractivity (Wildman–Crippen MR) is 110 cm³/mol. The first-order chi connectivity index (χ1) is 13.1. The van der Waals surface area contributed by atoms with Crippen LogP contribution in [-0.2, 0) is 10.3 Å². The molecule has 1 aliphatic carbocycles. The van der Waals surface area contributed by atoms with Crippen molar-refractivity contribution in [2.24, 2.45) is 21.6 Å². The average Bonchev–Trinajstić information content (AvgIpc) is 2.69. The van der Waals surface area contributed by atoms with Gasteiger partial charge >= 0.3 is 0 Å². The van der Waals surface area contributed by atoms with Gasteiger partial charge in [-0.2, -0.15) is 0 Å².